The highest BCUT2D eigenvalue weighted by molar-refractivity contribution is 6.01. The monoisotopic (exact) mass is 684 g/mol. The van der Waals surface area contributed by atoms with E-state index in [9.17, 15) is 29.4 Å². The molecular weight excluding hydrogens is 636 g/mol. The zero-order valence-electron chi connectivity index (χ0n) is 30.4. The third-order valence-electron chi connectivity index (χ3n) is 8.95. The van der Waals surface area contributed by atoms with Crippen LogP contribution >= 0.6 is 0 Å². The molecule has 12 nitrogen and oxygen atoms in total. The van der Waals surface area contributed by atoms with Crippen molar-refractivity contribution >= 4 is 23.8 Å². The van der Waals surface area contributed by atoms with Crippen molar-refractivity contribution in [2.45, 2.75) is 81.3 Å². The van der Waals surface area contributed by atoms with E-state index in [4.69, 9.17) is 0 Å². The fraction of sp³-hybridized carbons (Fsp3) is 0.421. The molecule has 266 valence electrons. The minimum absolute atomic E-state index is 0.448. The van der Waals surface area contributed by atoms with Crippen LogP contribution in [-0.4, -0.2) is 53.9 Å². The number of carbonyl (C=O) groups excluding carboxylic acids is 2. The maximum Gasteiger partial charge on any atom is 0.318 e. The van der Waals surface area contributed by atoms with Gasteiger partial charge in [0.1, 0.15) is 22.5 Å². The number of hydrogen-bond donors (Lipinski definition) is 6. The summed E-state index contributed by atoms with van der Waals surface area (Å²) in [4.78, 5) is 64.7. The molecule has 2 aromatic heterocycles. The number of amides is 2. The predicted molar refractivity (Wildman–Crippen MR) is 191 cm³/mol. The highest BCUT2D eigenvalue weighted by Crippen LogP contribution is 2.36. The lowest BCUT2D eigenvalue weighted by Gasteiger charge is -2.32. The number of carboxylic acid groups (broad SMARTS) is 2. The number of carboxylic acids is 2. The standard InChI is InChI=1S/C38H48N6O6/c1-35(2,3)27(43-31(45)37(7,8)33(47)48)29-39-19-25(41-29)23-15-11-21(12-16-23)22-13-17-24(18-14-22)26-20-40-30(42-26)28(36(4,5)6)44-32(46)38(9,10)34(49)50/h11-20,27-28H,1-10H3,(H,39,41)(H,40,42)(H,43,45)(H,44,46)(H,47,48)(H,49,50)/t27-,28-/m1/s1. The summed E-state index contributed by atoms with van der Waals surface area (Å²) < 4.78 is 0. The number of aliphatic carboxylic acids is 2. The largest absolute Gasteiger partial charge is 0.480 e. The van der Waals surface area contributed by atoms with Crippen LogP contribution in [0.5, 0.6) is 0 Å². The Balaban J connectivity index is 1.50. The average Bonchev–Trinajstić information content (AvgIpc) is 3.72. The molecule has 0 radical (unpaired) electrons. The Morgan fingerprint density at radius 3 is 1.08 bits per heavy atom. The molecule has 4 rings (SSSR count). The van der Waals surface area contributed by atoms with E-state index in [1.165, 1.54) is 27.7 Å². The van der Waals surface area contributed by atoms with Crippen molar-refractivity contribution < 1.29 is 29.4 Å². The quantitative estimate of drug-likeness (QED) is 0.0934. The second kappa shape index (κ2) is 13.6. The summed E-state index contributed by atoms with van der Waals surface area (Å²) in [5.74, 6) is -2.53. The number of aromatic amines is 2. The van der Waals surface area contributed by atoms with Crippen LogP contribution < -0.4 is 10.6 Å². The van der Waals surface area contributed by atoms with E-state index in [0.29, 0.717) is 11.6 Å². The van der Waals surface area contributed by atoms with Gasteiger partial charge in [-0.25, -0.2) is 9.97 Å². The number of hydrogen-bond acceptors (Lipinski definition) is 6. The second-order valence-corrected chi connectivity index (χ2v) is 15.9. The number of H-pyrrole nitrogens is 2. The molecule has 0 fully saturated rings. The molecule has 0 saturated carbocycles. The van der Waals surface area contributed by atoms with E-state index in [-0.39, 0.29) is 0 Å². The molecule has 6 N–H and O–H groups in total. The summed E-state index contributed by atoms with van der Waals surface area (Å²) in [5, 5.41) is 24.8. The Morgan fingerprint density at radius 1 is 0.540 bits per heavy atom. The fourth-order valence-corrected chi connectivity index (χ4v) is 5.15. The molecule has 4 aromatic rings. The van der Waals surface area contributed by atoms with Gasteiger partial charge in [-0.15, -0.1) is 0 Å². The summed E-state index contributed by atoms with van der Waals surface area (Å²) >= 11 is 0. The summed E-state index contributed by atoms with van der Waals surface area (Å²) in [6.45, 7) is 17.2. The topological polar surface area (TPSA) is 190 Å². The van der Waals surface area contributed by atoms with Gasteiger partial charge in [0.25, 0.3) is 0 Å². The van der Waals surface area contributed by atoms with Gasteiger partial charge < -0.3 is 30.8 Å². The Kier molecular flexibility index (Phi) is 10.2. The Bertz CT molecular complexity index is 1730. The minimum Gasteiger partial charge on any atom is -0.480 e. The molecule has 0 spiro atoms. The highest BCUT2D eigenvalue weighted by Gasteiger charge is 2.41. The van der Waals surface area contributed by atoms with Crippen LogP contribution in [0.3, 0.4) is 0 Å². The maximum absolute atomic E-state index is 12.9. The first-order valence-electron chi connectivity index (χ1n) is 16.4. The van der Waals surface area contributed by atoms with Gasteiger partial charge in [0.2, 0.25) is 11.8 Å². The zero-order chi connectivity index (χ0) is 37.4. The first-order valence-corrected chi connectivity index (χ1v) is 16.4. The van der Waals surface area contributed by atoms with Crippen molar-refractivity contribution in [3.05, 3.63) is 72.6 Å². The first kappa shape index (κ1) is 37.6. The molecule has 0 unspecified atom stereocenters. The third kappa shape index (κ3) is 7.96. The Morgan fingerprint density at radius 2 is 0.820 bits per heavy atom. The minimum atomic E-state index is -1.59. The van der Waals surface area contributed by atoms with Gasteiger partial charge >= 0.3 is 11.9 Å². The van der Waals surface area contributed by atoms with Gasteiger partial charge in [-0.05, 0) is 60.8 Å². The summed E-state index contributed by atoms with van der Waals surface area (Å²) in [5.41, 5.74) is 1.22. The number of imidazole rings is 2. The number of rotatable bonds is 11. The Labute approximate surface area is 292 Å². The SMILES string of the molecule is CC(C)(C(=O)O)C(=O)N[C@H](c1ncc(-c2ccc(-c3ccc(-c4cnc([C@@H](NC(=O)C(C)(C)C(=O)O)C(C)(C)C)[nH]4)cc3)cc2)[nH]1)C(C)(C)C. The number of carbonyl (C=O) groups is 4. The highest BCUT2D eigenvalue weighted by atomic mass is 16.4. The van der Waals surface area contributed by atoms with Crippen molar-refractivity contribution in [3.63, 3.8) is 0 Å². The van der Waals surface area contributed by atoms with Gasteiger partial charge in [-0.1, -0.05) is 90.1 Å². The Hall–Kier alpha value is -5.26. The van der Waals surface area contributed by atoms with Crippen molar-refractivity contribution in [1.29, 1.82) is 0 Å². The van der Waals surface area contributed by atoms with Crippen LogP contribution in [0.4, 0.5) is 0 Å². The lowest BCUT2D eigenvalue weighted by Crippen LogP contribution is -2.47. The molecule has 2 heterocycles. The van der Waals surface area contributed by atoms with E-state index >= 15 is 0 Å². The van der Waals surface area contributed by atoms with Gasteiger partial charge in [0, 0.05) is 0 Å². The van der Waals surface area contributed by atoms with Crippen LogP contribution in [-0.2, 0) is 19.2 Å². The summed E-state index contributed by atoms with van der Waals surface area (Å²) in [6.07, 6.45) is 3.40. The maximum atomic E-state index is 12.9. The van der Waals surface area contributed by atoms with Crippen LogP contribution in [0.2, 0.25) is 0 Å². The normalized spacial score (nSPS) is 13.7. The van der Waals surface area contributed by atoms with Crippen LogP contribution in [0, 0.1) is 21.7 Å². The van der Waals surface area contributed by atoms with Crippen LogP contribution in [0.15, 0.2) is 60.9 Å². The van der Waals surface area contributed by atoms with Crippen LogP contribution in [0.25, 0.3) is 33.6 Å². The number of nitrogens with one attached hydrogen (secondary N) is 4. The third-order valence-corrected chi connectivity index (χ3v) is 8.95. The van der Waals surface area contributed by atoms with E-state index < -0.39 is 57.5 Å². The van der Waals surface area contributed by atoms with E-state index in [1.54, 1.807) is 12.4 Å². The lowest BCUT2D eigenvalue weighted by atomic mass is 9.84. The molecule has 0 aliphatic rings. The zero-order valence-corrected chi connectivity index (χ0v) is 30.4. The molecule has 2 aromatic carbocycles. The molecule has 0 aliphatic carbocycles. The predicted octanol–water partition coefficient (Wildman–Crippen LogP) is 6.76. The number of aromatic nitrogens is 4. The van der Waals surface area contributed by atoms with E-state index in [2.05, 4.69) is 30.6 Å². The number of benzene rings is 2. The van der Waals surface area contributed by atoms with Gasteiger partial charge in [-0.3, -0.25) is 19.2 Å². The molecule has 0 aliphatic heterocycles. The molecule has 0 saturated heterocycles. The van der Waals surface area contributed by atoms with Crippen molar-refractivity contribution in [1.82, 2.24) is 30.6 Å². The molecule has 2 amide bonds. The molecule has 12 heteroatoms. The number of nitrogens with zero attached hydrogens (tertiary/aromatic N) is 2. The van der Waals surface area contributed by atoms with E-state index in [0.717, 1.165) is 33.6 Å². The van der Waals surface area contributed by atoms with Crippen molar-refractivity contribution in [3.8, 4) is 33.6 Å². The lowest BCUT2D eigenvalue weighted by molar-refractivity contribution is -0.155. The summed E-state index contributed by atoms with van der Waals surface area (Å²) in [7, 11) is 0. The van der Waals surface area contributed by atoms with Gasteiger partial charge in [0.05, 0.1) is 35.9 Å². The smallest absolute Gasteiger partial charge is 0.318 e. The van der Waals surface area contributed by atoms with Crippen molar-refractivity contribution in [2.75, 3.05) is 0 Å². The average molecular weight is 685 g/mol. The van der Waals surface area contributed by atoms with Crippen LogP contribution in [0.1, 0.15) is 93.0 Å². The molecule has 50 heavy (non-hydrogen) atoms. The summed E-state index contributed by atoms with van der Waals surface area (Å²) in [6, 6.07) is 14.8. The first-order chi connectivity index (χ1) is 23.0. The van der Waals surface area contributed by atoms with Crippen molar-refractivity contribution in [2.24, 2.45) is 21.7 Å². The van der Waals surface area contributed by atoms with E-state index in [1.807, 2.05) is 90.1 Å². The molecular formula is C38H48N6O6. The molecule has 2 atom stereocenters. The fourth-order valence-electron chi connectivity index (χ4n) is 5.15. The van der Waals surface area contributed by atoms with Gasteiger partial charge in [0.15, 0.2) is 0 Å². The second-order valence-electron chi connectivity index (χ2n) is 15.9. The molecule has 0 bridgehead atoms. The van der Waals surface area contributed by atoms with Gasteiger partial charge in [-0.2, -0.15) is 0 Å².